The smallest absolute Gasteiger partial charge is 0.266 e. The molecule has 0 bridgehead atoms. The number of aliphatic hydroxyl groups excluding tert-OH is 1. The molecule has 1 N–H and O–H groups in total. The lowest BCUT2D eigenvalue weighted by atomic mass is 10.1. The summed E-state index contributed by atoms with van der Waals surface area (Å²) in [5.74, 6) is 1.12. The van der Waals surface area contributed by atoms with Gasteiger partial charge in [0.2, 0.25) is 11.6 Å². The fourth-order valence-electron chi connectivity index (χ4n) is 2.27. The summed E-state index contributed by atoms with van der Waals surface area (Å²) in [7, 11) is 0. The summed E-state index contributed by atoms with van der Waals surface area (Å²) in [5, 5.41) is 18.9. The molecular formula is C13H12BrN3O3. The van der Waals surface area contributed by atoms with Gasteiger partial charge in [-0.2, -0.15) is 10.2 Å². The van der Waals surface area contributed by atoms with Crippen molar-refractivity contribution in [2.24, 2.45) is 0 Å². The molecule has 0 aromatic carbocycles. The lowest BCUT2D eigenvalue weighted by Gasteiger charge is -2.29. The molecule has 0 amide bonds. The molecule has 0 saturated carbocycles. The summed E-state index contributed by atoms with van der Waals surface area (Å²) in [6.45, 7) is 1.19. The molecule has 1 saturated heterocycles. The van der Waals surface area contributed by atoms with Crippen molar-refractivity contribution in [1.29, 1.82) is 5.26 Å². The van der Waals surface area contributed by atoms with Crippen molar-refractivity contribution in [2.75, 3.05) is 18.0 Å². The molecule has 2 aromatic rings. The van der Waals surface area contributed by atoms with E-state index >= 15 is 0 Å². The average Bonchev–Trinajstić information content (AvgIpc) is 3.04. The SMILES string of the molecule is N#Cc1nc(-c2ccc(Br)o2)oc1N1CCCC(O)C1. The van der Waals surface area contributed by atoms with E-state index in [1.54, 1.807) is 12.1 Å². The predicted molar refractivity (Wildman–Crippen MR) is 74.1 cm³/mol. The van der Waals surface area contributed by atoms with Gasteiger partial charge >= 0.3 is 0 Å². The summed E-state index contributed by atoms with van der Waals surface area (Å²) >= 11 is 3.21. The molecule has 0 spiro atoms. The van der Waals surface area contributed by atoms with Crippen molar-refractivity contribution in [1.82, 2.24) is 4.98 Å². The van der Waals surface area contributed by atoms with Crippen LogP contribution in [0.15, 0.2) is 25.6 Å². The largest absolute Gasteiger partial charge is 0.444 e. The molecule has 7 heteroatoms. The number of anilines is 1. The summed E-state index contributed by atoms with van der Waals surface area (Å²) in [6, 6.07) is 5.47. The van der Waals surface area contributed by atoms with Crippen LogP contribution in [0.25, 0.3) is 11.7 Å². The summed E-state index contributed by atoms with van der Waals surface area (Å²) in [4.78, 5) is 6.00. The van der Waals surface area contributed by atoms with Crippen LogP contribution in [0.5, 0.6) is 0 Å². The van der Waals surface area contributed by atoms with Crippen LogP contribution in [0.1, 0.15) is 18.5 Å². The summed E-state index contributed by atoms with van der Waals surface area (Å²) in [5.41, 5.74) is 0.210. The van der Waals surface area contributed by atoms with E-state index < -0.39 is 6.10 Å². The number of furan rings is 1. The highest BCUT2D eigenvalue weighted by atomic mass is 79.9. The minimum absolute atomic E-state index is 0.210. The van der Waals surface area contributed by atoms with Crippen molar-refractivity contribution in [2.45, 2.75) is 18.9 Å². The topological polar surface area (TPSA) is 86.4 Å². The van der Waals surface area contributed by atoms with Gasteiger partial charge in [-0.15, -0.1) is 0 Å². The number of hydrogen-bond acceptors (Lipinski definition) is 6. The molecule has 1 aliphatic rings. The minimum Gasteiger partial charge on any atom is -0.444 e. The summed E-state index contributed by atoms with van der Waals surface area (Å²) in [6.07, 6.45) is 1.22. The quantitative estimate of drug-likeness (QED) is 0.906. The molecule has 6 nitrogen and oxygen atoms in total. The first-order valence-electron chi connectivity index (χ1n) is 6.27. The molecule has 3 rings (SSSR count). The Morgan fingerprint density at radius 1 is 1.45 bits per heavy atom. The molecule has 1 atom stereocenters. The van der Waals surface area contributed by atoms with E-state index in [-0.39, 0.29) is 11.6 Å². The Hall–Kier alpha value is -1.78. The molecule has 1 fully saturated rings. The molecule has 1 unspecified atom stereocenters. The average molecular weight is 338 g/mol. The van der Waals surface area contributed by atoms with Gasteiger partial charge in [-0.3, -0.25) is 0 Å². The van der Waals surface area contributed by atoms with E-state index in [0.717, 1.165) is 19.4 Å². The molecule has 0 radical (unpaired) electrons. The fourth-order valence-corrected chi connectivity index (χ4v) is 2.58. The van der Waals surface area contributed by atoms with Crippen LogP contribution in [-0.4, -0.2) is 29.3 Å². The second-order valence-electron chi connectivity index (χ2n) is 4.63. The number of nitriles is 1. The Kier molecular flexibility index (Phi) is 3.51. The first-order valence-corrected chi connectivity index (χ1v) is 7.06. The van der Waals surface area contributed by atoms with E-state index in [9.17, 15) is 10.4 Å². The number of nitrogens with zero attached hydrogens (tertiary/aromatic N) is 3. The van der Waals surface area contributed by atoms with E-state index in [1.165, 1.54) is 0 Å². The van der Waals surface area contributed by atoms with Gasteiger partial charge in [-0.1, -0.05) is 0 Å². The zero-order valence-electron chi connectivity index (χ0n) is 10.5. The number of aromatic nitrogens is 1. The van der Waals surface area contributed by atoms with Gasteiger partial charge in [0, 0.05) is 13.1 Å². The molecule has 20 heavy (non-hydrogen) atoms. The van der Waals surface area contributed by atoms with Gasteiger partial charge in [-0.25, -0.2) is 0 Å². The molecule has 1 aliphatic heterocycles. The maximum Gasteiger partial charge on any atom is 0.266 e. The van der Waals surface area contributed by atoms with Crippen LogP contribution in [0.2, 0.25) is 0 Å². The van der Waals surface area contributed by atoms with Gasteiger partial charge in [0.05, 0.1) is 6.10 Å². The van der Waals surface area contributed by atoms with E-state index in [1.807, 2.05) is 11.0 Å². The standard InChI is InChI=1S/C13H12BrN3O3/c14-11-4-3-10(19-11)12-16-9(6-15)13(20-12)17-5-1-2-8(18)7-17/h3-4,8,18H,1-2,5,7H2. The highest BCUT2D eigenvalue weighted by Crippen LogP contribution is 2.31. The minimum atomic E-state index is -0.401. The van der Waals surface area contributed by atoms with Gasteiger partial charge in [0.15, 0.2) is 10.4 Å². The first kappa shape index (κ1) is 13.2. The number of oxazole rings is 1. The van der Waals surface area contributed by atoms with Gasteiger partial charge in [-0.05, 0) is 40.9 Å². The Labute approximate surface area is 123 Å². The van der Waals surface area contributed by atoms with E-state index in [0.29, 0.717) is 22.9 Å². The Morgan fingerprint density at radius 3 is 2.95 bits per heavy atom. The molecular weight excluding hydrogens is 326 g/mol. The third-order valence-corrected chi connectivity index (χ3v) is 3.61. The van der Waals surface area contributed by atoms with Crippen molar-refractivity contribution in [3.05, 3.63) is 22.5 Å². The number of aliphatic hydroxyl groups is 1. The van der Waals surface area contributed by atoms with Gasteiger partial charge in [0.1, 0.15) is 6.07 Å². The van der Waals surface area contributed by atoms with E-state index in [2.05, 4.69) is 20.9 Å². The number of β-amino-alcohol motifs (C(OH)–C–C–N with tert-alkyl or cyclic N) is 1. The Bertz CT molecular complexity index is 658. The maximum atomic E-state index is 9.72. The highest BCUT2D eigenvalue weighted by Gasteiger charge is 2.26. The zero-order valence-corrected chi connectivity index (χ0v) is 12.1. The third kappa shape index (κ3) is 2.44. The Balaban J connectivity index is 1.95. The number of hydrogen-bond donors (Lipinski definition) is 1. The third-order valence-electron chi connectivity index (χ3n) is 3.18. The lowest BCUT2D eigenvalue weighted by molar-refractivity contribution is 0.152. The van der Waals surface area contributed by atoms with Crippen molar-refractivity contribution in [3.8, 4) is 17.7 Å². The monoisotopic (exact) mass is 337 g/mol. The first-order chi connectivity index (χ1) is 9.67. The van der Waals surface area contributed by atoms with E-state index in [4.69, 9.17) is 8.83 Å². The summed E-state index contributed by atoms with van der Waals surface area (Å²) < 4.78 is 11.6. The maximum absolute atomic E-state index is 9.72. The van der Waals surface area contributed by atoms with Gasteiger partial charge < -0.3 is 18.8 Å². The molecule has 3 heterocycles. The number of piperidine rings is 1. The number of halogens is 1. The molecule has 0 aliphatic carbocycles. The van der Waals surface area contributed by atoms with Crippen LogP contribution in [0.4, 0.5) is 5.88 Å². The molecule has 2 aromatic heterocycles. The fraction of sp³-hybridized carbons (Fsp3) is 0.385. The van der Waals surface area contributed by atoms with Gasteiger partial charge in [0.25, 0.3) is 5.89 Å². The molecule has 104 valence electrons. The van der Waals surface area contributed by atoms with Crippen LogP contribution >= 0.6 is 15.9 Å². The van der Waals surface area contributed by atoms with Crippen LogP contribution in [-0.2, 0) is 0 Å². The van der Waals surface area contributed by atoms with Crippen molar-refractivity contribution in [3.63, 3.8) is 0 Å². The van der Waals surface area contributed by atoms with Crippen LogP contribution in [0.3, 0.4) is 0 Å². The number of rotatable bonds is 2. The zero-order chi connectivity index (χ0) is 14.1. The predicted octanol–water partition coefficient (Wildman–Crippen LogP) is 2.53. The van der Waals surface area contributed by atoms with Crippen LogP contribution in [0, 0.1) is 11.3 Å². The Morgan fingerprint density at radius 2 is 2.30 bits per heavy atom. The lowest BCUT2D eigenvalue weighted by Crippen LogP contribution is -2.38. The highest BCUT2D eigenvalue weighted by molar-refractivity contribution is 9.10. The van der Waals surface area contributed by atoms with Crippen molar-refractivity contribution < 1.29 is 13.9 Å². The van der Waals surface area contributed by atoms with Crippen molar-refractivity contribution >= 4 is 21.8 Å². The van der Waals surface area contributed by atoms with Crippen LogP contribution < -0.4 is 4.90 Å². The second-order valence-corrected chi connectivity index (χ2v) is 5.41. The second kappa shape index (κ2) is 5.31. The normalized spacial score (nSPS) is 19.1.